The minimum atomic E-state index is -0.351. The number of fused-ring (bicyclic) bond motifs is 1. The van der Waals surface area contributed by atoms with Crippen LogP contribution in [-0.2, 0) is 21.0 Å². The lowest BCUT2D eigenvalue weighted by molar-refractivity contribution is -0.134. The second-order valence-corrected chi connectivity index (χ2v) is 6.05. The highest BCUT2D eigenvalue weighted by atomic mass is 32.2. The Morgan fingerprint density at radius 2 is 1.87 bits per heavy atom. The molecule has 6 heteroatoms. The van der Waals surface area contributed by atoms with Crippen LogP contribution >= 0.6 is 11.8 Å². The van der Waals surface area contributed by atoms with Gasteiger partial charge in [0.2, 0.25) is 5.91 Å². The molecule has 23 heavy (non-hydrogen) atoms. The van der Waals surface area contributed by atoms with E-state index in [2.05, 4.69) is 5.48 Å². The first-order valence-electron chi connectivity index (χ1n) is 7.21. The van der Waals surface area contributed by atoms with Crippen LogP contribution in [0.5, 0.6) is 0 Å². The molecule has 5 nitrogen and oxygen atoms in total. The third-order valence-electron chi connectivity index (χ3n) is 3.38. The molecule has 0 fully saturated rings. The monoisotopic (exact) mass is 328 g/mol. The number of para-hydroxylation sites is 1. The highest BCUT2D eigenvalue weighted by molar-refractivity contribution is 8.00. The lowest BCUT2D eigenvalue weighted by Gasteiger charge is -2.28. The topological polar surface area (TPSA) is 58.6 Å². The standard InChI is InChI=1S/C17H16N2O3S/c20-16(18-22-11-13-6-2-1-3-7-13)10-19-14-8-4-5-9-15(14)23-12-17(19)21/h1-9H,10-12H2,(H,18,20). The molecule has 1 aliphatic heterocycles. The lowest BCUT2D eigenvalue weighted by atomic mass is 10.2. The molecule has 118 valence electrons. The first kappa shape index (κ1) is 15.6. The van der Waals surface area contributed by atoms with Crippen molar-refractivity contribution in [3.63, 3.8) is 0 Å². The van der Waals surface area contributed by atoms with E-state index in [4.69, 9.17) is 4.84 Å². The number of thioether (sulfide) groups is 1. The number of nitrogens with one attached hydrogen (secondary N) is 1. The van der Waals surface area contributed by atoms with Crippen molar-refractivity contribution < 1.29 is 14.4 Å². The second-order valence-electron chi connectivity index (χ2n) is 5.04. The summed E-state index contributed by atoms with van der Waals surface area (Å²) in [6.07, 6.45) is 0. The van der Waals surface area contributed by atoms with Gasteiger partial charge in [0, 0.05) is 4.90 Å². The highest BCUT2D eigenvalue weighted by Gasteiger charge is 2.26. The number of benzene rings is 2. The van der Waals surface area contributed by atoms with Gasteiger partial charge in [0.05, 0.1) is 18.0 Å². The first-order valence-corrected chi connectivity index (χ1v) is 8.19. The number of nitrogens with zero attached hydrogens (tertiary/aromatic N) is 1. The van der Waals surface area contributed by atoms with Gasteiger partial charge in [-0.25, -0.2) is 5.48 Å². The minimum absolute atomic E-state index is 0.0504. The van der Waals surface area contributed by atoms with Gasteiger partial charge in [-0.05, 0) is 17.7 Å². The molecule has 2 aromatic rings. The number of carbonyl (C=O) groups is 2. The predicted octanol–water partition coefficient (Wildman–Crippen LogP) is 2.37. The molecule has 1 heterocycles. The summed E-state index contributed by atoms with van der Waals surface area (Å²) in [5, 5.41) is 0. The Bertz CT molecular complexity index is 706. The van der Waals surface area contributed by atoms with E-state index < -0.39 is 0 Å². The first-order chi connectivity index (χ1) is 11.2. The summed E-state index contributed by atoms with van der Waals surface area (Å²) >= 11 is 1.49. The number of carbonyl (C=O) groups excluding carboxylic acids is 2. The molecular weight excluding hydrogens is 312 g/mol. The number of hydroxylamine groups is 1. The summed E-state index contributed by atoms with van der Waals surface area (Å²) in [6, 6.07) is 17.1. The largest absolute Gasteiger partial charge is 0.301 e. The van der Waals surface area contributed by atoms with E-state index in [1.165, 1.54) is 16.7 Å². The van der Waals surface area contributed by atoms with Gasteiger partial charge in [-0.2, -0.15) is 0 Å². The van der Waals surface area contributed by atoms with Crippen LogP contribution < -0.4 is 10.4 Å². The Hall–Kier alpha value is -2.31. The Kier molecular flexibility index (Phi) is 4.95. The zero-order valence-corrected chi connectivity index (χ0v) is 13.2. The summed E-state index contributed by atoms with van der Waals surface area (Å²) in [5.41, 5.74) is 4.12. The van der Waals surface area contributed by atoms with Crippen molar-refractivity contribution in [3.05, 3.63) is 60.2 Å². The van der Waals surface area contributed by atoms with Gasteiger partial charge in [0.1, 0.15) is 6.54 Å². The quantitative estimate of drug-likeness (QED) is 0.856. The van der Waals surface area contributed by atoms with E-state index >= 15 is 0 Å². The van der Waals surface area contributed by atoms with Gasteiger partial charge in [0.15, 0.2) is 0 Å². The number of amides is 2. The lowest BCUT2D eigenvalue weighted by Crippen LogP contribution is -2.43. The summed E-state index contributed by atoms with van der Waals surface area (Å²) < 4.78 is 0. The fourth-order valence-electron chi connectivity index (χ4n) is 2.28. The van der Waals surface area contributed by atoms with Gasteiger partial charge in [-0.1, -0.05) is 42.5 Å². The smallest absolute Gasteiger partial charge is 0.263 e. The second kappa shape index (κ2) is 7.30. The zero-order chi connectivity index (χ0) is 16.1. The van der Waals surface area contributed by atoms with E-state index in [1.54, 1.807) is 0 Å². The maximum atomic E-state index is 12.1. The normalized spacial score (nSPS) is 13.6. The van der Waals surface area contributed by atoms with Crippen molar-refractivity contribution >= 4 is 29.3 Å². The molecule has 0 saturated carbocycles. The van der Waals surface area contributed by atoms with E-state index in [-0.39, 0.29) is 25.0 Å². The number of hydrogen-bond donors (Lipinski definition) is 1. The van der Waals surface area contributed by atoms with Crippen LogP contribution in [0.3, 0.4) is 0 Å². The molecule has 1 N–H and O–H groups in total. The Morgan fingerprint density at radius 1 is 1.13 bits per heavy atom. The predicted molar refractivity (Wildman–Crippen MR) is 88.9 cm³/mol. The average Bonchev–Trinajstić information content (AvgIpc) is 2.58. The van der Waals surface area contributed by atoms with Gasteiger partial charge < -0.3 is 4.90 Å². The fraction of sp³-hybridized carbons (Fsp3) is 0.176. The van der Waals surface area contributed by atoms with Crippen LogP contribution in [-0.4, -0.2) is 24.1 Å². The van der Waals surface area contributed by atoms with Crippen LogP contribution in [0.2, 0.25) is 0 Å². The molecule has 2 aromatic carbocycles. The van der Waals surface area contributed by atoms with Crippen molar-refractivity contribution in [3.8, 4) is 0 Å². The van der Waals surface area contributed by atoms with Crippen molar-refractivity contribution in [2.75, 3.05) is 17.2 Å². The third kappa shape index (κ3) is 3.91. The Balaban J connectivity index is 1.56. The summed E-state index contributed by atoms with van der Waals surface area (Å²) in [5.74, 6) is -0.0854. The molecule has 0 unspecified atom stereocenters. The molecule has 0 bridgehead atoms. The van der Waals surface area contributed by atoms with Gasteiger partial charge in [-0.15, -0.1) is 11.8 Å². The zero-order valence-electron chi connectivity index (χ0n) is 12.4. The summed E-state index contributed by atoms with van der Waals surface area (Å²) in [7, 11) is 0. The maximum Gasteiger partial charge on any atom is 0.263 e. The Labute approximate surface area is 138 Å². The van der Waals surface area contributed by atoms with Crippen molar-refractivity contribution in [2.24, 2.45) is 0 Å². The van der Waals surface area contributed by atoms with Crippen LogP contribution in [0.1, 0.15) is 5.56 Å². The van der Waals surface area contributed by atoms with E-state index in [0.717, 1.165) is 16.1 Å². The SMILES string of the molecule is O=C(CN1C(=O)CSc2ccccc21)NOCc1ccccc1. The summed E-state index contributed by atoms with van der Waals surface area (Å²) in [4.78, 5) is 31.8. The maximum absolute atomic E-state index is 12.1. The number of anilines is 1. The molecule has 1 aliphatic rings. The molecule has 3 rings (SSSR count). The molecular formula is C17H16N2O3S. The van der Waals surface area contributed by atoms with Gasteiger partial charge in [-0.3, -0.25) is 14.4 Å². The fourth-order valence-corrected chi connectivity index (χ4v) is 3.21. The van der Waals surface area contributed by atoms with Crippen LogP contribution in [0.25, 0.3) is 0 Å². The van der Waals surface area contributed by atoms with E-state index in [1.807, 2.05) is 54.6 Å². The van der Waals surface area contributed by atoms with E-state index in [9.17, 15) is 9.59 Å². The highest BCUT2D eigenvalue weighted by Crippen LogP contribution is 2.34. The molecule has 0 radical (unpaired) electrons. The molecule has 0 atom stereocenters. The summed E-state index contributed by atoms with van der Waals surface area (Å²) in [6.45, 7) is 0.234. The van der Waals surface area contributed by atoms with Crippen molar-refractivity contribution in [1.82, 2.24) is 5.48 Å². The molecule has 2 amide bonds. The average molecular weight is 328 g/mol. The molecule has 0 saturated heterocycles. The molecule has 0 aliphatic carbocycles. The Morgan fingerprint density at radius 3 is 2.70 bits per heavy atom. The van der Waals surface area contributed by atoms with Crippen molar-refractivity contribution in [1.29, 1.82) is 0 Å². The number of hydrogen-bond acceptors (Lipinski definition) is 4. The van der Waals surface area contributed by atoms with Crippen LogP contribution in [0, 0.1) is 0 Å². The van der Waals surface area contributed by atoms with E-state index in [0.29, 0.717) is 5.75 Å². The number of rotatable bonds is 5. The van der Waals surface area contributed by atoms with Crippen LogP contribution in [0.15, 0.2) is 59.5 Å². The molecule has 0 spiro atoms. The third-order valence-corrected chi connectivity index (χ3v) is 4.43. The minimum Gasteiger partial charge on any atom is -0.301 e. The van der Waals surface area contributed by atoms with Crippen molar-refractivity contribution in [2.45, 2.75) is 11.5 Å². The van der Waals surface area contributed by atoms with Crippen LogP contribution in [0.4, 0.5) is 5.69 Å². The molecule has 0 aromatic heterocycles. The van der Waals surface area contributed by atoms with Gasteiger partial charge in [0.25, 0.3) is 5.91 Å². The van der Waals surface area contributed by atoms with Gasteiger partial charge >= 0.3 is 0 Å².